The standard InChI is InChI=1S/C14H9F3N2/c1-19(11-4-2-10(15)3-5-11)14-12(16)6-9(8-18)7-13(14)17/h2-7H,1H3. The van der Waals surface area contributed by atoms with Crippen LogP contribution in [0.15, 0.2) is 36.4 Å². The van der Waals surface area contributed by atoms with Gasteiger partial charge in [0.2, 0.25) is 0 Å². The molecule has 0 atom stereocenters. The second-order valence-corrected chi connectivity index (χ2v) is 3.94. The van der Waals surface area contributed by atoms with E-state index in [9.17, 15) is 13.2 Å². The summed E-state index contributed by atoms with van der Waals surface area (Å²) < 4.78 is 40.4. The van der Waals surface area contributed by atoms with Crippen molar-refractivity contribution in [2.75, 3.05) is 11.9 Å². The molecule has 0 amide bonds. The third kappa shape index (κ3) is 2.52. The molecular formula is C14H9F3N2. The highest BCUT2D eigenvalue weighted by molar-refractivity contribution is 5.64. The van der Waals surface area contributed by atoms with Crippen LogP contribution in [0, 0.1) is 28.8 Å². The predicted molar refractivity (Wildman–Crippen MR) is 65.5 cm³/mol. The lowest BCUT2D eigenvalue weighted by molar-refractivity contribution is 0.583. The molecule has 2 aromatic rings. The van der Waals surface area contributed by atoms with E-state index in [-0.39, 0.29) is 11.3 Å². The summed E-state index contributed by atoms with van der Waals surface area (Å²) in [5.74, 6) is -2.12. The van der Waals surface area contributed by atoms with Gasteiger partial charge >= 0.3 is 0 Å². The number of halogens is 3. The fourth-order valence-electron chi connectivity index (χ4n) is 1.74. The SMILES string of the molecule is CN(c1ccc(F)cc1)c1c(F)cc(C#N)cc1F. The molecule has 0 spiro atoms. The summed E-state index contributed by atoms with van der Waals surface area (Å²) in [7, 11) is 1.46. The maximum absolute atomic E-state index is 13.8. The van der Waals surface area contributed by atoms with Crippen LogP contribution in [0.3, 0.4) is 0 Å². The second kappa shape index (κ2) is 5.02. The van der Waals surface area contributed by atoms with Gasteiger partial charge in [-0.2, -0.15) is 5.26 Å². The van der Waals surface area contributed by atoms with Crippen molar-refractivity contribution in [3.8, 4) is 6.07 Å². The van der Waals surface area contributed by atoms with Gasteiger partial charge in [0.1, 0.15) is 11.5 Å². The Morgan fingerprint density at radius 1 is 1.00 bits per heavy atom. The van der Waals surface area contributed by atoms with E-state index < -0.39 is 17.5 Å². The van der Waals surface area contributed by atoms with Crippen molar-refractivity contribution in [1.29, 1.82) is 5.26 Å². The van der Waals surface area contributed by atoms with E-state index in [1.54, 1.807) is 6.07 Å². The molecule has 0 aliphatic heterocycles. The van der Waals surface area contributed by atoms with Crippen molar-refractivity contribution in [3.05, 3.63) is 59.4 Å². The molecule has 0 unspecified atom stereocenters. The highest BCUT2D eigenvalue weighted by Gasteiger charge is 2.16. The zero-order valence-corrected chi connectivity index (χ0v) is 9.99. The first-order chi connectivity index (χ1) is 9.02. The molecule has 2 rings (SSSR count). The maximum Gasteiger partial charge on any atom is 0.151 e. The number of nitriles is 1. The Morgan fingerprint density at radius 3 is 2.00 bits per heavy atom. The molecule has 0 heterocycles. The van der Waals surface area contributed by atoms with Crippen molar-refractivity contribution >= 4 is 11.4 Å². The molecule has 0 saturated carbocycles. The van der Waals surface area contributed by atoms with Crippen LogP contribution >= 0.6 is 0 Å². The van der Waals surface area contributed by atoms with Crippen LogP contribution in [0.4, 0.5) is 24.5 Å². The fraction of sp³-hybridized carbons (Fsp3) is 0.0714. The largest absolute Gasteiger partial charge is 0.340 e. The number of anilines is 2. The zero-order chi connectivity index (χ0) is 14.0. The molecule has 0 aliphatic rings. The normalized spacial score (nSPS) is 10.1. The minimum Gasteiger partial charge on any atom is -0.340 e. The number of hydrogen-bond acceptors (Lipinski definition) is 2. The van der Waals surface area contributed by atoms with Gasteiger partial charge in [-0.15, -0.1) is 0 Å². The predicted octanol–water partition coefficient (Wildman–Crippen LogP) is 3.74. The first kappa shape index (κ1) is 13.0. The Morgan fingerprint density at radius 2 is 1.53 bits per heavy atom. The van der Waals surface area contributed by atoms with E-state index in [1.165, 1.54) is 36.2 Å². The lowest BCUT2D eigenvalue weighted by atomic mass is 10.1. The van der Waals surface area contributed by atoms with E-state index in [0.717, 1.165) is 12.1 Å². The van der Waals surface area contributed by atoms with Gasteiger partial charge in [0, 0.05) is 12.7 Å². The third-order valence-corrected chi connectivity index (χ3v) is 2.70. The van der Waals surface area contributed by atoms with Gasteiger partial charge in [0.15, 0.2) is 11.6 Å². The highest BCUT2D eigenvalue weighted by Crippen LogP contribution is 2.29. The quantitative estimate of drug-likeness (QED) is 0.824. The van der Waals surface area contributed by atoms with Gasteiger partial charge in [0.25, 0.3) is 0 Å². The first-order valence-corrected chi connectivity index (χ1v) is 5.41. The van der Waals surface area contributed by atoms with Crippen LogP contribution in [-0.4, -0.2) is 7.05 Å². The van der Waals surface area contributed by atoms with E-state index in [0.29, 0.717) is 5.69 Å². The molecule has 2 nitrogen and oxygen atoms in total. The number of rotatable bonds is 2. The average Bonchev–Trinajstić information content (AvgIpc) is 2.38. The maximum atomic E-state index is 13.8. The molecule has 96 valence electrons. The molecule has 0 saturated heterocycles. The van der Waals surface area contributed by atoms with Gasteiger partial charge in [-0.1, -0.05) is 0 Å². The summed E-state index contributed by atoms with van der Waals surface area (Å²) in [4.78, 5) is 1.26. The molecule has 0 fully saturated rings. The van der Waals surface area contributed by atoms with Crippen molar-refractivity contribution < 1.29 is 13.2 Å². The molecule has 0 bridgehead atoms. The number of benzene rings is 2. The van der Waals surface area contributed by atoms with Gasteiger partial charge in [0.05, 0.1) is 11.6 Å². The van der Waals surface area contributed by atoms with E-state index in [2.05, 4.69) is 0 Å². The van der Waals surface area contributed by atoms with Crippen LogP contribution in [0.1, 0.15) is 5.56 Å². The molecule has 0 aliphatic carbocycles. The molecule has 2 aromatic carbocycles. The minimum absolute atomic E-state index is 0.0914. The van der Waals surface area contributed by atoms with Crippen molar-refractivity contribution in [2.45, 2.75) is 0 Å². The monoisotopic (exact) mass is 262 g/mol. The van der Waals surface area contributed by atoms with Crippen LogP contribution in [0.5, 0.6) is 0 Å². The van der Waals surface area contributed by atoms with Crippen LogP contribution in [0.25, 0.3) is 0 Å². The molecule has 0 radical (unpaired) electrons. The average molecular weight is 262 g/mol. The molecule has 0 N–H and O–H groups in total. The number of hydrogen-bond donors (Lipinski definition) is 0. The Labute approximate surface area is 108 Å². The Kier molecular flexibility index (Phi) is 3.43. The van der Waals surface area contributed by atoms with Gasteiger partial charge in [-0.3, -0.25) is 0 Å². The first-order valence-electron chi connectivity index (χ1n) is 5.41. The molecule has 5 heteroatoms. The smallest absolute Gasteiger partial charge is 0.151 e. The summed E-state index contributed by atoms with van der Waals surface area (Å²) in [5.41, 5.74) is 0.0563. The molecule has 19 heavy (non-hydrogen) atoms. The third-order valence-electron chi connectivity index (χ3n) is 2.70. The zero-order valence-electron chi connectivity index (χ0n) is 9.99. The highest BCUT2D eigenvalue weighted by atomic mass is 19.1. The van der Waals surface area contributed by atoms with Gasteiger partial charge < -0.3 is 4.90 Å². The summed E-state index contributed by atoms with van der Waals surface area (Å²) >= 11 is 0. The van der Waals surface area contributed by atoms with E-state index in [4.69, 9.17) is 5.26 Å². The lowest BCUT2D eigenvalue weighted by Crippen LogP contribution is -2.13. The lowest BCUT2D eigenvalue weighted by Gasteiger charge is -2.20. The Hall–Kier alpha value is -2.48. The van der Waals surface area contributed by atoms with E-state index in [1.807, 2.05) is 0 Å². The number of nitrogens with zero attached hydrogens (tertiary/aromatic N) is 2. The van der Waals surface area contributed by atoms with Crippen molar-refractivity contribution in [1.82, 2.24) is 0 Å². The molecule has 0 aromatic heterocycles. The Balaban J connectivity index is 2.47. The summed E-state index contributed by atoms with van der Waals surface area (Å²) in [6.07, 6.45) is 0. The second-order valence-electron chi connectivity index (χ2n) is 3.94. The summed E-state index contributed by atoms with van der Waals surface area (Å²) in [6, 6.07) is 8.81. The Bertz CT molecular complexity index is 622. The van der Waals surface area contributed by atoms with Gasteiger partial charge in [-0.05, 0) is 36.4 Å². The minimum atomic E-state index is -0.844. The van der Waals surface area contributed by atoms with Crippen LogP contribution in [0.2, 0.25) is 0 Å². The van der Waals surface area contributed by atoms with Crippen LogP contribution < -0.4 is 4.90 Å². The van der Waals surface area contributed by atoms with Crippen molar-refractivity contribution in [3.63, 3.8) is 0 Å². The van der Waals surface area contributed by atoms with Gasteiger partial charge in [-0.25, -0.2) is 13.2 Å². The van der Waals surface area contributed by atoms with Crippen LogP contribution in [-0.2, 0) is 0 Å². The van der Waals surface area contributed by atoms with Crippen molar-refractivity contribution in [2.24, 2.45) is 0 Å². The van der Waals surface area contributed by atoms with E-state index >= 15 is 0 Å². The topological polar surface area (TPSA) is 27.0 Å². The fourth-order valence-corrected chi connectivity index (χ4v) is 1.74. The summed E-state index contributed by atoms with van der Waals surface area (Å²) in [6.45, 7) is 0. The molecular weight excluding hydrogens is 253 g/mol. The summed E-state index contributed by atoms with van der Waals surface area (Å²) in [5, 5.41) is 8.62.